The van der Waals surface area contributed by atoms with Crippen molar-refractivity contribution < 1.29 is 18.3 Å². The number of rotatable bonds is 5. The van der Waals surface area contributed by atoms with Crippen LogP contribution in [0.3, 0.4) is 0 Å². The molecule has 7 heteroatoms. The monoisotopic (exact) mass is 410 g/mol. The summed E-state index contributed by atoms with van der Waals surface area (Å²) in [7, 11) is -3.56. The SMILES string of the molecule is O=C(O)c1ccc(NC2CCN(S(=O)(=O)c3cccc4ccccc34)CC2)cc1. The lowest BCUT2D eigenvalue weighted by molar-refractivity contribution is 0.0697. The molecule has 1 heterocycles. The van der Waals surface area contributed by atoms with Gasteiger partial charge in [0, 0.05) is 30.2 Å². The van der Waals surface area contributed by atoms with E-state index < -0.39 is 16.0 Å². The summed E-state index contributed by atoms with van der Waals surface area (Å²) >= 11 is 0. The normalized spacial score (nSPS) is 16.0. The van der Waals surface area contributed by atoms with E-state index in [0.717, 1.165) is 16.5 Å². The van der Waals surface area contributed by atoms with E-state index in [-0.39, 0.29) is 11.6 Å². The van der Waals surface area contributed by atoms with E-state index in [1.165, 1.54) is 0 Å². The van der Waals surface area contributed by atoms with Crippen LogP contribution in [0.4, 0.5) is 5.69 Å². The summed E-state index contributed by atoms with van der Waals surface area (Å²) in [6.45, 7) is 0.882. The van der Waals surface area contributed by atoms with Crippen molar-refractivity contribution in [3.05, 3.63) is 72.3 Å². The predicted octanol–water partition coefficient (Wildman–Crippen LogP) is 3.80. The number of carbonyl (C=O) groups is 1. The molecule has 3 aromatic rings. The first-order valence-electron chi connectivity index (χ1n) is 9.53. The summed E-state index contributed by atoms with van der Waals surface area (Å²) in [5.74, 6) is -0.955. The number of sulfonamides is 1. The van der Waals surface area contributed by atoms with E-state index in [1.54, 1.807) is 40.7 Å². The van der Waals surface area contributed by atoms with Gasteiger partial charge in [0.2, 0.25) is 10.0 Å². The maximum Gasteiger partial charge on any atom is 0.335 e. The molecule has 0 bridgehead atoms. The van der Waals surface area contributed by atoms with Crippen LogP contribution in [0.5, 0.6) is 0 Å². The van der Waals surface area contributed by atoms with Crippen molar-refractivity contribution in [3.63, 3.8) is 0 Å². The maximum atomic E-state index is 13.2. The van der Waals surface area contributed by atoms with Gasteiger partial charge in [0.05, 0.1) is 10.5 Å². The standard InChI is InChI=1S/C22H22N2O4S/c25-22(26)17-8-10-18(11-9-17)23-19-12-14-24(15-13-19)29(27,28)21-7-3-5-16-4-1-2-6-20(16)21/h1-11,19,23H,12-15H2,(H,25,26). The van der Waals surface area contributed by atoms with E-state index in [0.29, 0.717) is 30.8 Å². The number of nitrogens with one attached hydrogen (secondary N) is 1. The van der Waals surface area contributed by atoms with Crippen LogP contribution in [0.15, 0.2) is 71.6 Å². The molecule has 29 heavy (non-hydrogen) atoms. The number of hydrogen-bond donors (Lipinski definition) is 2. The Morgan fingerprint density at radius 1 is 0.931 bits per heavy atom. The van der Waals surface area contributed by atoms with E-state index in [9.17, 15) is 13.2 Å². The van der Waals surface area contributed by atoms with Gasteiger partial charge in [-0.15, -0.1) is 0 Å². The second-order valence-corrected chi connectivity index (χ2v) is 9.09. The quantitative estimate of drug-likeness (QED) is 0.668. The number of hydrogen-bond acceptors (Lipinski definition) is 4. The number of aromatic carboxylic acids is 1. The topological polar surface area (TPSA) is 86.7 Å². The molecule has 0 radical (unpaired) electrons. The summed E-state index contributed by atoms with van der Waals surface area (Å²) in [6, 6.07) is 19.6. The average molecular weight is 410 g/mol. The van der Waals surface area contributed by atoms with Crippen LogP contribution in [0.1, 0.15) is 23.2 Å². The molecular formula is C22H22N2O4S. The number of anilines is 1. The second-order valence-electron chi connectivity index (χ2n) is 7.18. The zero-order valence-corrected chi connectivity index (χ0v) is 16.6. The minimum atomic E-state index is -3.56. The van der Waals surface area contributed by atoms with Gasteiger partial charge in [-0.25, -0.2) is 13.2 Å². The number of benzene rings is 3. The van der Waals surface area contributed by atoms with Gasteiger partial charge in [-0.2, -0.15) is 4.31 Å². The van der Waals surface area contributed by atoms with Gasteiger partial charge in [-0.05, 0) is 48.6 Å². The van der Waals surface area contributed by atoms with Crippen LogP contribution in [-0.4, -0.2) is 42.9 Å². The van der Waals surface area contributed by atoms with Crippen LogP contribution < -0.4 is 5.32 Å². The number of carboxylic acids is 1. The van der Waals surface area contributed by atoms with E-state index >= 15 is 0 Å². The third-order valence-electron chi connectivity index (χ3n) is 5.32. The van der Waals surface area contributed by atoms with Crippen molar-refractivity contribution in [2.24, 2.45) is 0 Å². The van der Waals surface area contributed by atoms with Crippen LogP contribution in [0.25, 0.3) is 10.8 Å². The first-order chi connectivity index (χ1) is 13.9. The lowest BCUT2D eigenvalue weighted by Gasteiger charge is -2.32. The summed E-state index contributed by atoms with van der Waals surface area (Å²) in [4.78, 5) is 11.3. The largest absolute Gasteiger partial charge is 0.478 e. The second kappa shape index (κ2) is 7.85. The summed E-state index contributed by atoms with van der Waals surface area (Å²) < 4.78 is 28.0. The fourth-order valence-corrected chi connectivity index (χ4v) is 5.43. The highest BCUT2D eigenvalue weighted by Crippen LogP contribution is 2.28. The van der Waals surface area contributed by atoms with Crippen molar-refractivity contribution in [1.29, 1.82) is 0 Å². The highest BCUT2D eigenvalue weighted by Gasteiger charge is 2.30. The zero-order valence-electron chi connectivity index (χ0n) is 15.8. The zero-order chi connectivity index (χ0) is 20.4. The molecule has 1 saturated heterocycles. The Bertz CT molecular complexity index is 1130. The molecule has 0 unspecified atom stereocenters. The first-order valence-corrected chi connectivity index (χ1v) is 11.0. The van der Waals surface area contributed by atoms with Gasteiger partial charge in [-0.3, -0.25) is 0 Å². The molecule has 0 aromatic heterocycles. The third-order valence-corrected chi connectivity index (χ3v) is 7.28. The molecular weight excluding hydrogens is 388 g/mol. The Labute approximate surface area is 169 Å². The summed E-state index contributed by atoms with van der Waals surface area (Å²) in [6.07, 6.45) is 1.37. The first kappa shape index (κ1) is 19.4. The molecule has 0 spiro atoms. The molecule has 1 aliphatic heterocycles. The van der Waals surface area contributed by atoms with Crippen molar-refractivity contribution in [3.8, 4) is 0 Å². The van der Waals surface area contributed by atoms with E-state index in [4.69, 9.17) is 5.11 Å². The molecule has 1 aliphatic rings. The Hall–Kier alpha value is -2.90. The number of fused-ring (bicyclic) bond motifs is 1. The molecule has 1 fully saturated rings. The Kier molecular flexibility index (Phi) is 5.25. The molecule has 150 valence electrons. The summed E-state index contributed by atoms with van der Waals surface area (Å²) in [5.41, 5.74) is 1.08. The van der Waals surface area contributed by atoms with Crippen LogP contribution in [-0.2, 0) is 10.0 Å². The fourth-order valence-electron chi connectivity index (χ4n) is 3.74. The minimum absolute atomic E-state index is 0.143. The Morgan fingerprint density at radius 2 is 1.59 bits per heavy atom. The van der Waals surface area contributed by atoms with E-state index in [1.807, 2.05) is 30.3 Å². The van der Waals surface area contributed by atoms with Crippen LogP contribution in [0, 0.1) is 0 Å². The smallest absolute Gasteiger partial charge is 0.335 e. The molecule has 4 rings (SSSR count). The van der Waals surface area contributed by atoms with Gasteiger partial charge < -0.3 is 10.4 Å². The molecule has 0 amide bonds. The van der Waals surface area contributed by atoms with E-state index in [2.05, 4.69) is 5.32 Å². The van der Waals surface area contributed by atoms with Crippen molar-refractivity contribution in [1.82, 2.24) is 4.31 Å². The van der Waals surface area contributed by atoms with Crippen molar-refractivity contribution in [2.75, 3.05) is 18.4 Å². The highest BCUT2D eigenvalue weighted by molar-refractivity contribution is 7.89. The van der Waals surface area contributed by atoms with Gasteiger partial charge in [0.25, 0.3) is 0 Å². The number of nitrogens with zero attached hydrogens (tertiary/aromatic N) is 1. The lowest BCUT2D eigenvalue weighted by atomic mass is 10.1. The van der Waals surface area contributed by atoms with Crippen LogP contribution in [0.2, 0.25) is 0 Å². The summed E-state index contributed by atoms with van der Waals surface area (Å²) in [5, 5.41) is 14.0. The Morgan fingerprint density at radius 3 is 2.28 bits per heavy atom. The molecule has 0 aliphatic carbocycles. The van der Waals surface area contributed by atoms with Crippen molar-refractivity contribution >= 4 is 32.5 Å². The lowest BCUT2D eigenvalue weighted by Crippen LogP contribution is -2.42. The predicted molar refractivity (Wildman–Crippen MR) is 113 cm³/mol. The van der Waals surface area contributed by atoms with Crippen molar-refractivity contribution in [2.45, 2.75) is 23.8 Å². The van der Waals surface area contributed by atoms with Gasteiger partial charge >= 0.3 is 5.97 Å². The number of piperidine rings is 1. The molecule has 6 nitrogen and oxygen atoms in total. The van der Waals surface area contributed by atoms with Gasteiger partial charge in [-0.1, -0.05) is 36.4 Å². The van der Waals surface area contributed by atoms with Crippen LogP contribution >= 0.6 is 0 Å². The average Bonchev–Trinajstić information content (AvgIpc) is 2.74. The van der Waals surface area contributed by atoms with Gasteiger partial charge in [0.15, 0.2) is 0 Å². The Balaban J connectivity index is 1.45. The van der Waals surface area contributed by atoms with Gasteiger partial charge in [0.1, 0.15) is 0 Å². The molecule has 2 N–H and O–H groups in total. The number of carboxylic acid groups (broad SMARTS) is 1. The fraction of sp³-hybridized carbons (Fsp3) is 0.227. The maximum absolute atomic E-state index is 13.2. The third kappa shape index (κ3) is 3.97. The highest BCUT2D eigenvalue weighted by atomic mass is 32.2. The minimum Gasteiger partial charge on any atom is -0.478 e. The molecule has 3 aromatic carbocycles. The molecule has 0 saturated carbocycles. The molecule has 0 atom stereocenters.